The number of halogens is 1. The molecule has 1 aliphatic carbocycles. The van der Waals surface area contributed by atoms with Gasteiger partial charge in [-0.2, -0.15) is 4.98 Å². The van der Waals surface area contributed by atoms with Gasteiger partial charge in [0.05, 0.1) is 18.8 Å². The maximum Gasteiger partial charge on any atom is 0.323 e. The zero-order valence-corrected chi connectivity index (χ0v) is 17.4. The van der Waals surface area contributed by atoms with Crippen molar-refractivity contribution in [2.24, 2.45) is 0 Å². The van der Waals surface area contributed by atoms with Gasteiger partial charge in [0.2, 0.25) is 5.95 Å². The Bertz CT molecular complexity index is 945. The Balaban J connectivity index is 1.87. The maximum atomic E-state index is 13.7. The number of nitrogens with one attached hydrogen (secondary N) is 2. The van der Waals surface area contributed by atoms with Crippen molar-refractivity contribution in [3.05, 3.63) is 35.1 Å². The maximum absolute atomic E-state index is 13.7. The lowest BCUT2D eigenvalue weighted by molar-refractivity contribution is 0.239. The molecule has 1 atom stereocenters. The van der Waals surface area contributed by atoms with Crippen LogP contribution in [-0.2, 0) is 6.54 Å². The van der Waals surface area contributed by atoms with Gasteiger partial charge in [0.15, 0.2) is 0 Å². The number of rotatable bonds is 5. The van der Waals surface area contributed by atoms with E-state index in [1.165, 1.54) is 18.6 Å². The molecule has 0 unspecified atom stereocenters. The third-order valence-electron chi connectivity index (χ3n) is 5.88. The van der Waals surface area contributed by atoms with Crippen molar-refractivity contribution in [1.82, 2.24) is 15.3 Å². The molecule has 1 aliphatic heterocycles. The van der Waals surface area contributed by atoms with Gasteiger partial charge in [-0.25, -0.2) is 14.2 Å². The van der Waals surface area contributed by atoms with Crippen LogP contribution in [0, 0.1) is 12.7 Å². The molecule has 1 aromatic heterocycles. The summed E-state index contributed by atoms with van der Waals surface area (Å²) in [6.45, 7) is 3.92. The highest BCUT2D eigenvalue weighted by molar-refractivity contribution is 5.96. The van der Waals surface area contributed by atoms with Gasteiger partial charge in [0.25, 0.3) is 0 Å². The van der Waals surface area contributed by atoms with Crippen LogP contribution in [0.2, 0.25) is 0 Å². The number of aliphatic hydroxyl groups is 1. The number of hydrogen-bond acceptors (Lipinski definition) is 5. The quantitative estimate of drug-likeness (QED) is 0.695. The zero-order chi connectivity index (χ0) is 21.3. The van der Waals surface area contributed by atoms with E-state index in [0.29, 0.717) is 24.0 Å². The lowest BCUT2D eigenvalue weighted by Crippen LogP contribution is -2.51. The Kier molecular flexibility index (Phi) is 5.85. The van der Waals surface area contributed by atoms with Gasteiger partial charge in [0.1, 0.15) is 11.6 Å². The summed E-state index contributed by atoms with van der Waals surface area (Å²) in [7, 11) is 0. The Hall–Kier alpha value is -2.74. The van der Waals surface area contributed by atoms with E-state index in [9.17, 15) is 14.3 Å². The second kappa shape index (κ2) is 8.55. The molecule has 3 N–H and O–H groups in total. The SMILES string of the molecule is Cc1cc(F)ccc1-c1nc(N[C@@H](C)CO)nc2c1CNC(=O)N2C1CCCCC1. The normalized spacial score (nSPS) is 18.0. The fourth-order valence-corrected chi connectivity index (χ4v) is 4.30. The molecule has 8 heteroatoms. The standard InChI is InChI=1S/C22H28FN5O2/c1-13-10-15(23)8-9-17(13)19-18-11-24-22(30)28(16-6-4-3-5-7-16)20(18)27-21(26-19)25-14(2)12-29/h8-10,14,16,29H,3-7,11-12H2,1-2H3,(H,24,30)(H,25,26,27)/t14-/m0/s1. The van der Waals surface area contributed by atoms with E-state index in [0.717, 1.165) is 42.4 Å². The molecule has 160 valence electrons. The number of carbonyl (C=O) groups is 1. The van der Waals surface area contributed by atoms with Crippen LogP contribution in [0.5, 0.6) is 0 Å². The highest BCUT2D eigenvalue weighted by Crippen LogP contribution is 2.37. The molecule has 4 rings (SSSR count). The van der Waals surface area contributed by atoms with Crippen molar-refractivity contribution in [2.45, 2.75) is 64.6 Å². The topological polar surface area (TPSA) is 90.4 Å². The average Bonchev–Trinajstić information content (AvgIpc) is 2.73. The molecule has 1 aromatic carbocycles. The lowest BCUT2D eigenvalue weighted by Gasteiger charge is -2.38. The monoisotopic (exact) mass is 413 g/mol. The predicted molar refractivity (Wildman–Crippen MR) is 114 cm³/mol. The summed E-state index contributed by atoms with van der Waals surface area (Å²) >= 11 is 0. The van der Waals surface area contributed by atoms with E-state index >= 15 is 0 Å². The van der Waals surface area contributed by atoms with Crippen molar-refractivity contribution in [2.75, 3.05) is 16.8 Å². The molecule has 1 fully saturated rings. The van der Waals surface area contributed by atoms with Crippen molar-refractivity contribution >= 4 is 17.8 Å². The number of aliphatic hydroxyl groups excluding tert-OH is 1. The van der Waals surface area contributed by atoms with Crippen LogP contribution in [0.4, 0.5) is 21.0 Å². The van der Waals surface area contributed by atoms with E-state index in [4.69, 9.17) is 9.97 Å². The van der Waals surface area contributed by atoms with Crippen LogP contribution in [0.25, 0.3) is 11.3 Å². The largest absolute Gasteiger partial charge is 0.394 e. The van der Waals surface area contributed by atoms with E-state index in [1.54, 1.807) is 11.0 Å². The van der Waals surface area contributed by atoms with Gasteiger partial charge >= 0.3 is 6.03 Å². The van der Waals surface area contributed by atoms with E-state index in [-0.39, 0.29) is 30.5 Å². The van der Waals surface area contributed by atoms with Crippen LogP contribution in [0.3, 0.4) is 0 Å². The molecular formula is C22H28FN5O2. The third-order valence-corrected chi connectivity index (χ3v) is 5.88. The summed E-state index contributed by atoms with van der Waals surface area (Å²) < 4.78 is 13.7. The minimum atomic E-state index is -0.302. The first-order valence-electron chi connectivity index (χ1n) is 10.6. The zero-order valence-electron chi connectivity index (χ0n) is 17.4. The number of amides is 2. The van der Waals surface area contributed by atoms with Gasteiger partial charge in [-0.1, -0.05) is 19.3 Å². The number of aromatic nitrogens is 2. The smallest absolute Gasteiger partial charge is 0.323 e. The first-order valence-corrected chi connectivity index (χ1v) is 10.6. The molecule has 30 heavy (non-hydrogen) atoms. The molecule has 1 saturated carbocycles. The van der Waals surface area contributed by atoms with Gasteiger partial charge in [-0.15, -0.1) is 0 Å². The molecule has 0 saturated heterocycles. The first kappa shape index (κ1) is 20.5. The lowest BCUT2D eigenvalue weighted by atomic mass is 9.93. The second-order valence-corrected chi connectivity index (χ2v) is 8.21. The van der Waals surface area contributed by atoms with Crippen molar-refractivity contribution in [3.63, 3.8) is 0 Å². The van der Waals surface area contributed by atoms with Gasteiger partial charge in [-0.3, -0.25) is 4.90 Å². The number of urea groups is 1. The Labute approximate surface area is 175 Å². The van der Waals surface area contributed by atoms with Crippen LogP contribution in [0.15, 0.2) is 18.2 Å². The summed E-state index contributed by atoms with van der Waals surface area (Å²) in [5.41, 5.74) is 3.07. The number of benzene rings is 1. The molecule has 7 nitrogen and oxygen atoms in total. The third kappa shape index (κ3) is 3.96. The Morgan fingerprint density at radius 2 is 2.07 bits per heavy atom. The highest BCUT2D eigenvalue weighted by Gasteiger charge is 2.35. The van der Waals surface area contributed by atoms with Crippen molar-refractivity contribution in [3.8, 4) is 11.3 Å². The van der Waals surface area contributed by atoms with Gasteiger partial charge in [0, 0.05) is 23.2 Å². The molecule has 2 aliphatic rings. The van der Waals surface area contributed by atoms with Gasteiger partial charge in [-0.05, 0) is 50.5 Å². The minimum Gasteiger partial charge on any atom is -0.394 e. The summed E-state index contributed by atoms with van der Waals surface area (Å²) in [6.07, 6.45) is 5.25. The molecule has 0 radical (unpaired) electrons. The molecule has 2 amide bonds. The molecule has 0 bridgehead atoms. The number of nitrogens with zero attached hydrogens (tertiary/aromatic N) is 3. The van der Waals surface area contributed by atoms with Crippen LogP contribution >= 0.6 is 0 Å². The average molecular weight is 413 g/mol. The summed E-state index contributed by atoms with van der Waals surface area (Å²) in [5, 5.41) is 15.5. The highest BCUT2D eigenvalue weighted by atomic mass is 19.1. The molecular weight excluding hydrogens is 385 g/mol. The summed E-state index contributed by atoms with van der Waals surface area (Å²) in [4.78, 5) is 24.0. The van der Waals surface area contributed by atoms with E-state index in [1.807, 2.05) is 13.8 Å². The Morgan fingerprint density at radius 3 is 2.77 bits per heavy atom. The van der Waals surface area contributed by atoms with E-state index in [2.05, 4.69) is 10.6 Å². The number of carbonyl (C=O) groups excluding carboxylic acids is 1. The molecule has 2 heterocycles. The van der Waals surface area contributed by atoms with Crippen LogP contribution in [-0.4, -0.2) is 39.8 Å². The fraction of sp³-hybridized carbons (Fsp3) is 0.500. The number of aryl methyl sites for hydroxylation is 1. The summed E-state index contributed by atoms with van der Waals surface area (Å²) in [6, 6.07) is 4.32. The fourth-order valence-electron chi connectivity index (χ4n) is 4.30. The van der Waals surface area contributed by atoms with Crippen LogP contribution in [0.1, 0.15) is 50.2 Å². The van der Waals surface area contributed by atoms with Crippen molar-refractivity contribution < 1.29 is 14.3 Å². The molecule has 0 spiro atoms. The number of fused-ring (bicyclic) bond motifs is 1. The van der Waals surface area contributed by atoms with Crippen molar-refractivity contribution in [1.29, 1.82) is 0 Å². The summed E-state index contributed by atoms with van der Waals surface area (Å²) in [5.74, 6) is 0.653. The minimum absolute atomic E-state index is 0.0713. The number of anilines is 2. The molecule has 2 aromatic rings. The van der Waals surface area contributed by atoms with Gasteiger partial charge < -0.3 is 15.7 Å². The Morgan fingerprint density at radius 1 is 1.30 bits per heavy atom. The first-order chi connectivity index (χ1) is 14.5. The predicted octanol–water partition coefficient (Wildman–Crippen LogP) is 3.75. The number of hydrogen-bond donors (Lipinski definition) is 3. The van der Waals surface area contributed by atoms with E-state index < -0.39 is 0 Å². The second-order valence-electron chi connectivity index (χ2n) is 8.21. The van der Waals surface area contributed by atoms with Crippen LogP contribution < -0.4 is 15.5 Å².